The highest BCUT2D eigenvalue weighted by Gasteiger charge is 2.42. The van der Waals surface area contributed by atoms with E-state index in [-0.39, 0.29) is 29.6 Å². The summed E-state index contributed by atoms with van der Waals surface area (Å²) in [4.78, 5) is 37.2. The molecular formula is C31H38Cl3N5O5. The van der Waals surface area contributed by atoms with Crippen molar-refractivity contribution in [1.82, 2.24) is 20.2 Å². The number of hydrogen-bond donors (Lipinski definition) is 3. The molecule has 1 heterocycles. The number of nitrogen functional groups attached to an aromatic ring is 1. The van der Waals surface area contributed by atoms with E-state index in [9.17, 15) is 14.7 Å². The van der Waals surface area contributed by atoms with Crippen molar-refractivity contribution in [2.75, 3.05) is 39.6 Å². The Kier molecular flexibility index (Phi) is 12.5. The van der Waals surface area contributed by atoms with Crippen molar-refractivity contribution in [1.29, 1.82) is 0 Å². The third-order valence-electron chi connectivity index (χ3n) is 7.32. The van der Waals surface area contributed by atoms with Gasteiger partial charge >= 0.3 is 5.97 Å². The molecule has 4 rings (SSSR count). The molecule has 1 aliphatic carbocycles. The zero-order valence-electron chi connectivity index (χ0n) is 25.0. The number of rotatable bonds is 12. The molecule has 1 saturated carbocycles. The number of aromatic nitrogens is 2. The van der Waals surface area contributed by atoms with Gasteiger partial charge in [-0.3, -0.25) is 4.79 Å². The average Bonchev–Trinajstić information content (AvgIpc) is 2.97. The third-order valence-corrected chi connectivity index (χ3v) is 7.96. The van der Waals surface area contributed by atoms with Crippen LogP contribution >= 0.6 is 35.6 Å². The van der Waals surface area contributed by atoms with Crippen LogP contribution in [0.2, 0.25) is 10.0 Å². The molecule has 1 amide bonds. The van der Waals surface area contributed by atoms with E-state index in [4.69, 9.17) is 38.4 Å². The van der Waals surface area contributed by atoms with Gasteiger partial charge in [0.1, 0.15) is 22.7 Å². The maximum absolute atomic E-state index is 13.6. The summed E-state index contributed by atoms with van der Waals surface area (Å²) in [5.41, 5.74) is 6.39. The molecular weight excluding hydrogens is 629 g/mol. The lowest BCUT2D eigenvalue weighted by Gasteiger charge is -2.33. The first-order valence-corrected chi connectivity index (χ1v) is 15.0. The number of carbonyl (C=O) groups excluding carboxylic acids is 1. The van der Waals surface area contributed by atoms with E-state index in [1.807, 2.05) is 21.0 Å². The van der Waals surface area contributed by atoms with Crippen LogP contribution in [0.1, 0.15) is 55.9 Å². The fourth-order valence-electron chi connectivity index (χ4n) is 5.10. The summed E-state index contributed by atoms with van der Waals surface area (Å²) in [6.07, 6.45) is 3.71. The number of ether oxygens (including phenoxy) is 2. The number of nitrogens with zero attached hydrogens (tertiary/aromatic N) is 3. The number of carbonyl (C=O) groups is 2. The Morgan fingerprint density at radius 2 is 1.73 bits per heavy atom. The zero-order valence-corrected chi connectivity index (χ0v) is 27.3. The molecule has 0 saturated heterocycles. The first kappa shape index (κ1) is 35.2. The molecule has 238 valence electrons. The minimum absolute atomic E-state index is 0. The third kappa shape index (κ3) is 8.24. The van der Waals surface area contributed by atoms with Crippen molar-refractivity contribution in [3.05, 3.63) is 52.1 Å². The molecule has 0 radical (unpaired) electrons. The van der Waals surface area contributed by atoms with Gasteiger partial charge in [-0.1, -0.05) is 48.5 Å². The first-order valence-electron chi connectivity index (χ1n) is 14.3. The SMILES string of the molecule is CCOc1ccc(Cl)c(-c2nc(N)c(C(=O)NC3(C(=O)O)CCCCC3)nc2-c2ccc(Cl)c(OCCCN(C)C)c2)c1.Cl. The molecule has 1 aliphatic rings. The van der Waals surface area contributed by atoms with E-state index >= 15 is 0 Å². The topological polar surface area (TPSA) is 140 Å². The molecule has 4 N–H and O–H groups in total. The van der Waals surface area contributed by atoms with Crippen LogP contribution in [-0.4, -0.2) is 71.2 Å². The summed E-state index contributed by atoms with van der Waals surface area (Å²) in [5, 5.41) is 13.5. The van der Waals surface area contributed by atoms with Gasteiger partial charge in [0.05, 0.1) is 29.0 Å². The first-order chi connectivity index (χ1) is 20.5. The largest absolute Gasteiger partial charge is 0.494 e. The van der Waals surface area contributed by atoms with Crippen molar-refractivity contribution in [2.45, 2.75) is 51.0 Å². The number of nitrogens with one attached hydrogen (secondary N) is 1. The van der Waals surface area contributed by atoms with Crippen molar-refractivity contribution in [3.8, 4) is 34.0 Å². The summed E-state index contributed by atoms with van der Waals surface area (Å²) in [5.74, 6) is -0.964. The van der Waals surface area contributed by atoms with Crippen molar-refractivity contribution >= 4 is 53.3 Å². The molecule has 0 aliphatic heterocycles. The highest BCUT2D eigenvalue weighted by molar-refractivity contribution is 6.33. The van der Waals surface area contributed by atoms with Gasteiger partial charge in [0, 0.05) is 17.7 Å². The lowest BCUT2D eigenvalue weighted by Crippen LogP contribution is -2.55. The fourth-order valence-corrected chi connectivity index (χ4v) is 5.47. The number of anilines is 1. The molecule has 1 aromatic heterocycles. The molecule has 13 heteroatoms. The second kappa shape index (κ2) is 15.6. The molecule has 0 atom stereocenters. The normalized spacial score (nSPS) is 14.0. The Hall–Kier alpha value is -3.31. The number of halogens is 3. The number of carboxylic acid groups (broad SMARTS) is 1. The van der Waals surface area contributed by atoms with Gasteiger partial charge in [0.2, 0.25) is 0 Å². The molecule has 0 bridgehead atoms. The van der Waals surface area contributed by atoms with Crippen molar-refractivity contribution < 1.29 is 24.2 Å². The van der Waals surface area contributed by atoms with Gasteiger partial charge in [-0.05, 0) is 70.6 Å². The van der Waals surface area contributed by atoms with E-state index in [2.05, 4.69) is 20.2 Å². The summed E-state index contributed by atoms with van der Waals surface area (Å²) in [6, 6.07) is 10.3. The predicted octanol–water partition coefficient (Wildman–Crippen LogP) is 6.37. The van der Waals surface area contributed by atoms with Crippen LogP contribution in [0.15, 0.2) is 36.4 Å². The van der Waals surface area contributed by atoms with Gasteiger partial charge < -0.3 is 30.5 Å². The van der Waals surface area contributed by atoms with E-state index in [0.29, 0.717) is 77.3 Å². The van der Waals surface area contributed by atoms with Crippen LogP contribution in [-0.2, 0) is 4.79 Å². The quantitative estimate of drug-likeness (QED) is 0.188. The van der Waals surface area contributed by atoms with Crippen molar-refractivity contribution in [2.24, 2.45) is 0 Å². The highest BCUT2D eigenvalue weighted by atomic mass is 35.5. The predicted molar refractivity (Wildman–Crippen MR) is 175 cm³/mol. The molecule has 10 nitrogen and oxygen atoms in total. The van der Waals surface area contributed by atoms with E-state index < -0.39 is 17.4 Å². The minimum atomic E-state index is -1.40. The second-order valence-corrected chi connectivity index (χ2v) is 11.6. The van der Waals surface area contributed by atoms with E-state index in [0.717, 1.165) is 19.4 Å². The number of aliphatic carboxylic acids is 1. The number of benzene rings is 2. The second-order valence-electron chi connectivity index (χ2n) is 10.8. The highest BCUT2D eigenvalue weighted by Crippen LogP contribution is 2.39. The number of hydrogen-bond acceptors (Lipinski definition) is 8. The molecule has 2 aromatic carbocycles. The maximum atomic E-state index is 13.6. The molecule has 0 spiro atoms. The molecule has 3 aromatic rings. The lowest BCUT2D eigenvalue weighted by molar-refractivity contribution is -0.145. The minimum Gasteiger partial charge on any atom is -0.494 e. The van der Waals surface area contributed by atoms with Crippen LogP contribution in [0.5, 0.6) is 11.5 Å². The number of nitrogens with two attached hydrogens (primary N) is 1. The van der Waals surface area contributed by atoms with Crippen LogP contribution in [0, 0.1) is 0 Å². The van der Waals surface area contributed by atoms with Crippen LogP contribution in [0.3, 0.4) is 0 Å². The lowest BCUT2D eigenvalue weighted by atomic mass is 9.81. The Morgan fingerprint density at radius 1 is 1.02 bits per heavy atom. The summed E-state index contributed by atoms with van der Waals surface area (Å²) < 4.78 is 11.7. The van der Waals surface area contributed by atoms with Gasteiger partial charge in [-0.15, -0.1) is 12.4 Å². The van der Waals surface area contributed by atoms with Crippen LogP contribution in [0.25, 0.3) is 22.5 Å². The Bertz CT molecular complexity index is 1480. The Morgan fingerprint density at radius 3 is 2.39 bits per heavy atom. The van der Waals surface area contributed by atoms with E-state index in [1.165, 1.54) is 0 Å². The summed E-state index contributed by atoms with van der Waals surface area (Å²) in [7, 11) is 3.97. The Balaban J connectivity index is 0.00000529. The average molecular weight is 667 g/mol. The summed E-state index contributed by atoms with van der Waals surface area (Å²) in [6.45, 7) is 3.59. The van der Waals surface area contributed by atoms with Gasteiger partial charge in [-0.2, -0.15) is 0 Å². The molecule has 0 unspecified atom stereocenters. The fraction of sp³-hybridized carbons (Fsp3) is 0.419. The zero-order chi connectivity index (χ0) is 31.1. The number of amides is 1. The number of carboxylic acids is 1. The van der Waals surface area contributed by atoms with Crippen molar-refractivity contribution in [3.63, 3.8) is 0 Å². The standard InChI is InChI=1S/C31H37Cl2N5O5.ClH/c1-4-42-20-10-12-22(32)21(18-20)26-25(19-9-11-23(33)24(17-19)43-16-8-15-38(2)3)35-27(28(34)36-26)29(39)37-31(30(40)41)13-6-5-7-14-31;/h9-12,17-18H,4-8,13-16H2,1-3H3,(H2,34,36)(H,37,39)(H,40,41);1H. The molecule has 1 fully saturated rings. The Labute approximate surface area is 273 Å². The van der Waals surface area contributed by atoms with E-state index in [1.54, 1.807) is 36.4 Å². The maximum Gasteiger partial charge on any atom is 0.329 e. The van der Waals surface area contributed by atoms with Gasteiger partial charge in [0.25, 0.3) is 5.91 Å². The smallest absolute Gasteiger partial charge is 0.329 e. The van der Waals surface area contributed by atoms with Gasteiger partial charge in [0.15, 0.2) is 11.5 Å². The van der Waals surface area contributed by atoms with Crippen LogP contribution < -0.4 is 20.5 Å². The van der Waals surface area contributed by atoms with Gasteiger partial charge in [-0.25, -0.2) is 14.8 Å². The summed E-state index contributed by atoms with van der Waals surface area (Å²) >= 11 is 13.1. The monoisotopic (exact) mass is 665 g/mol. The molecule has 44 heavy (non-hydrogen) atoms. The van der Waals surface area contributed by atoms with Crippen LogP contribution in [0.4, 0.5) is 5.82 Å².